The fourth-order valence-electron chi connectivity index (χ4n) is 4.65. The molecule has 1 unspecified atom stereocenters. The number of hydrogen-bond acceptors (Lipinski definition) is 12. The number of aryl methyl sites for hydroxylation is 1. The maximum absolute atomic E-state index is 11.9. The molecule has 0 aromatic heterocycles. The number of esters is 1. The van der Waals surface area contributed by atoms with Crippen LogP contribution >= 0.6 is 0 Å². The fourth-order valence-corrected chi connectivity index (χ4v) is 4.65. The molecule has 6 atom stereocenters. The molecule has 46 heavy (non-hydrogen) atoms. The van der Waals surface area contributed by atoms with Crippen LogP contribution < -0.4 is 10.6 Å². The number of carbonyl (C=O) groups excluding carboxylic acids is 3. The number of carbonyl (C=O) groups is 4. The van der Waals surface area contributed by atoms with Crippen molar-refractivity contribution in [1.29, 1.82) is 0 Å². The van der Waals surface area contributed by atoms with Gasteiger partial charge in [-0.3, -0.25) is 9.59 Å². The summed E-state index contributed by atoms with van der Waals surface area (Å²) in [6.07, 6.45) is -2.92. The highest BCUT2D eigenvalue weighted by atomic mass is 16.7. The third-order valence-electron chi connectivity index (χ3n) is 7.05. The molecule has 15 heteroatoms. The van der Waals surface area contributed by atoms with Crippen LogP contribution in [0.1, 0.15) is 70.4 Å². The molecule has 260 valence electrons. The van der Waals surface area contributed by atoms with Crippen LogP contribution in [0.3, 0.4) is 0 Å². The van der Waals surface area contributed by atoms with Crippen LogP contribution in [0.15, 0.2) is 24.3 Å². The molecule has 1 aliphatic heterocycles. The van der Waals surface area contributed by atoms with E-state index in [1.54, 1.807) is 20.8 Å². The van der Waals surface area contributed by atoms with Crippen molar-refractivity contribution in [3.63, 3.8) is 0 Å². The second kappa shape index (κ2) is 18.7. The Morgan fingerprint density at radius 1 is 1.00 bits per heavy atom. The molecule has 1 saturated carbocycles. The van der Waals surface area contributed by atoms with Crippen molar-refractivity contribution in [1.82, 2.24) is 10.6 Å². The largest absolute Gasteiger partial charge is 0.480 e. The van der Waals surface area contributed by atoms with Gasteiger partial charge in [-0.25, -0.2) is 9.59 Å². The number of alkyl carbamates (subject to hydrolysis) is 1. The second-order valence-electron chi connectivity index (χ2n) is 12.3. The van der Waals surface area contributed by atoms with E-state index >= 15 is 0 Å². The molecule has 7 N–H and O–H groups in total. The normalized spacial score (nSPS) is 24.0. The molecular formula is C31H48N2O13. The SMILES string of the molecule is CC(C)(C)OC(=O)NCC(=O)N[C@@H](CC(=O)OC1CCCCC1)C(=O)O.Cc1ccc(CO[C@H]2[C@H](O)[C@H](O)C(O)O[C@@H]2CO)cc1. The maximum atomic E-state index is 11.9. The highest BCUT2D eigenvalue weighted by molar-refractivity contribution is 5.89. The number of rotatable bonds is 11. The predicted octanol–water partition coefficient (Wildman–Crippen LogP) is 0.658. The van der Waals surface area contributed by atoms with Gasteiger partial charge in [-0.15, -0.1) is 0 Å². The number of carboxylic acid groups (broad SMARTS) is 1. The van der Waals surface area contributed by atoms with Gasteiger partial charge >= 0.3 is 18.0 Å². The van der Waals surface area contributed by atoms with Gasteiger partial charge in [0.25, 0.3) is 0 Å². The lowest BCUT2D eigenvalue weighted by Crippen LogP contribution is -2.59. The van der Waals surface area contributed by atoms with E-state index in [9.17, 15) is 44.7 Å². The van der Waals surface area contributed by atoms with E-state index in [1.165, 1.54) is 0 Å². The first-order valence-corrected chi connectivity index (χ1v) is 15.3. The summed E-state index contributed by atoms with van der Waals surface area (Å²) in [5.41, 5.74) is 1.31. The number of nitrogens with one attached hydrogen (secondary N) is 2. The summed E-state index contributed by atoms with van der Waals surface area (Å²) in [6, 6.07) is 6.25. The highest BCUT2D eigenvalue weighted by Crippen LogP contribution is 2.23. The van der Waals surface area contributed by atoms with Gasteiger partial charge in [0, 0.05) is 0 Å². The number of carboxylic acids is 1. The van der Waals surface area contributed by atoms with Gasteiger partial charge in [0.15, 0.2) is 6.29 Å². The zero-order valence-electron chi connectivity index (χ0n) is 26.7. The first-order chi connectivity index (χ1) is 21.6. The zero-order valence-corrected chi connectivity index (χ0v) is 26.7. The van der Waals surface area contributed by atoms with Crippen molar-refractivity contribution in [2.45, 2.75) is 121 Å². The zero-order chi connectivity index (χ0) is 34.4. The van der Waals surface area contributed by atoms with Gasteiger partial charge < -0.3 is 55.1 Å². The Morgan fingerprint density at radius 3 is 2.20 bits per heavy atom. The Balaban J connectivity index is 0.000000330. The minimum absolute atomic E-state index is 0.185. The predicted molar refractivity (Wildman–Crippen MR) is 161 cm³/mol. The van der Waals surface area contributed by atoms with E-state index in [-0.39, 0.29) is 12.7 Å². The van der Waals surface area contributed by atoms with Crippen LogP contribution in [0.2, 0.25) is 0 Å². The number of aliphatic carboxylic acids is 1. The second-order valence-corrected chi connectivity index (χ2v) is 12.3. The molecule has 2 aliphatic rings. The summed E-state index contributed by atoms with van der Waals surface area (Å²) in [4.78, 5) is 46.4. The van der Waals surface area contributed by atoms with E-state index in [2.05, 4.69) is 10.6 Å². The Morgan fingerprint density at radius 2 is 1.63 bits per heavy atom. The molecule has 15 nitrogen and oxygen atoms in total. The van der Waals surface area contributed by atoms with Crippen molar-refractivity contribution in [2.75, 3.05) is 13.2 Å². The first-order valence-electron chi connectivity index (χ1n) is 15.3. The molecule has 1 aromatic rings. The molecule has 3 rings (SSSR count). The lowest BCUT2D eigenvalue weighted by molar-refractivity contribution is -0.295. The summed E-state index contributed by atoms with van der Waals surface area (Å²) in [7, 11) is 0. The standard InChI is InChI=1S/C17H28N2O7.C14H20O6/c1-17(2,3)26-16(24)18-10-13(20)19-12(15(22)23)9-14(21)25-11-7-5-4-6-8-11;1-8-2-4-9(5-3-8)7-19-13-10(6-15)20-14(18)12(17)11(13)16/h11-12H,4-10H2,1-3H3,(H,18,24)(H,19,20)(H,22,23);2-5,10-18H,6-7H2,1H3/t12-;10-,11-,12+,13-,14?/m01/s1. The van der Waals surface area contributed by atoms with Crippen LogP contribution in [0.4, 0.5) is 4.79 Å². The molecule has 1 heterocycles. The van der Waals surface area contributed by atoms with E-state index < -0.39 is 85.9 Å². The topological polar surface area (TPSA) is 230 Å². The number of aliphatic hydroxyl groups excluding tert-OH is 4. The molecule has 2 amide bonds. The van der Waals surface area contributed by atoms with Gasteiger partial charge in [-0.1, -0.05) is 36.2 Å². The lowest BCUT2D eigenvalue weighted by Gasteiger charge is -2.40. The van der Waals surface area contributed by atoms with Gasteiger partial charge in [0.1, 0.15) is 48.7 Å². The highest BCUT2D eigenvalue weighted by Gasteiger charge is 2.44. The first kappa shape index (κ1) is 38.8. The van der Waals surface area contributed by atoms with Crippen molar-refractivity contribution in [3.8, 4) is 0 Å². The van der Waals surface area contributed by atoms with Crippen LogP contribution in [0, 0.1) is 6.92 Å². The van der Waals surface area contributed by atoms with E-state index in [0.29, 0.717) is 0 Å². The number of amides is 2. The summed E-state index contributed by atoms with van der Waals surface area (Å²) < 4.78 is 20.8. The smallest absolute Gasteiger partial charge is 0.408 e. The molecule has 0 spiro atoms. The summed E-state index contributed by atoms with van der Waals surface area (Å²) in [5.74, 6) is -2.75. The van der Waals surface area contributed by atoms with E-state index in [0.717, 1.165) is 43.2 Å². The molecule has 0 radical (unpaired) electrons. The fraction of sp³-hybridized carbons (Fsp3) is 0.677. The minimum atomic E-state index is -1.53. The monoisotopic (exact) mass is 656 g/mol. The molecule has 2 fully saturated rings. The van der Waals surface area contributed by atoms with Crippen molar-refractivity contribution < 1.29 is 63.7 Å². The Hall–Kier alpha value is -3.34. The van der Waals surface area contributed by atoms with Crippen LogP contribution in [-0.2, 0) is 39.9 Å². The molecule has 1 aromatic carbocycles. The summed E-state index contributed by atoms with van der Waals surface area (Å²) in [5, 5.41) is 51.7. The van der Waals surface area contributed by atoms with E-state index in [1.807, 2.05) is 31.2 Å². The summed E-state index contributed by atoms with van der Waals surface area (Å²) in [6.45, 7) is 6.32. The average Bonchev–Trinajstić information content (AvgIpc) is 2.98. The van der Waals surface area contributed by atoms with Gasteiger partial charge in [-0.2, -0.15) is 0 Å². The maximum Gasteiger partial charge on any atom is 0.408 e. The number of aliphatic hydroxyl groups is 4. The quantitative estimate of drug-likeness (QED) is 0.163. The van der Waals surface area contributed by atoms with Crippen molar-refractivity contribution >= 4 is 23.9 Å². The minimum Gasteiger partial charge on any atom is -0.480 e. The van der Waals surface area contributed by atoms with Crippen LogP contribution in [0.5, 0.6) is 0 Å². The molecule has 1 aliphatic carbocycles. The van der Waals surface area contributed by atoms with Crippen molar-refractivity contribution in [3.05, 3.63) is 35.4 Å². The van der Waals surface area contributed by atoms with Gasteiger partial charge in [0.05, 0.1) is 19.6 Å². The van der Waals surface area contributed by atoms with Crippen LogP contribution in [0.25, 0.3) is 0 Å². The number of hydrogen-bond donors (Lipinski definition) is 7. The van der Waals surface area contributed by atoms with E-state index in [4.69, 9.17) is 18.9 Å². The molecule has 1 saturated heterocycles. The average molecular weight is 657 g/mol. The Kier molecular flexibility index (Phi) is 15.8. The lowest BCUT2D eigenvalue weighted by atomic mass is 9.98. The Bertz CT molecular complexity index is 1120. The van der Waals surface area contributed by atoms with Crippen molar-refractivity contribution in [2.24, 2.45) is 0 Å². The molecular weight excluding hydrogens is 608 g/mol. The molecule has 0 bridgehead atoms. The van der Waals surface area contributed by atoms with Crippen LogP contribution in [-0.4, -0.2) is 111 Å². The third-order valence-corrected chi connectivity index (χ3v) is 7.05. The summed E-state index contributed by atoms with van der Waals surface area (Å²) >= 11 is 0. The van der Waals surface area contributed by atoms with Gasteiger partial charge in [0.2, 0.25) is 5.91 Å². The Labute approximate surface area is 268 Å². The van der Waals surface area contributed by atoms with Gasteiger partial charge in [-0.05, 0) is 58.9 Å². The third kappa shape index (κ3) is 14.0. The number of ether oxygens (including phenoxy) is 4. The number of benzene rings is 1.